The molecule has 1 aromatic heterocycles. The van der Waals surface area contributed by atoms with Crippen LogP contribution in [0.3, 0.4) is 0 Å². The van der Waals surface area contributed by atoms with Gasteiger partial charge in [0.05, 0.1) is 0 Å². The zero-order chi connectivity index (χ0) is 23.2. The smallest absolute Gasteiger partial charge is 0.182 e. The summed E-state index contributed by atoms with van der Waals surface area (Å²) in [5.41, 5.74) is 4.19. The second-order valence-corrected chi connectivity index (χ2v) is 8.97. The summed E-state index contributed by atoms with van der Waals surface area (Å²) in [7, 11) is 0. The lowest BCUT2D eigenvalue weighted by Gasteiger charge is -1.97. The van der Waals surface area contributed by atoms with Crippen LogP contribution in [0.25, 0.3) is 11.1 Å². The Morgan fingerprint density at radius 1 is 0.548 bits per heavy atom. The second kappa shape index (κ2) is 21.9. The molecule has 0 fully saturated rings. The molecule has 1 heterocycles. The molecule has 180 valence electrons. The van der Waals surface area contributed by atoms with E-state index in [0.717, 1.165) is 16.7 Å². The number of aryl methyl sites for hydroxylation is 2. The van der Waals surface area contributed by atoms with E-state index in [9.17, 15) is 0 Å². The van der Waals surface area contributed by atoms with Crippen molar-refractivity contribution in [3.63, 3.8) is 0 Å². The summed E-state index contributed by atoms with van der Waals surface area (Å²) in [6.07, 6.45) is 24.4. The molecular weight excluding hydrogens is 378 g/mol. The number of hydrogen-bond acceptors (Lipinski definition) is 2. The summed E-state index contributed by atoms with van der Waals surface area (Å²) in [6.45, 7) is 13.1. The Morgan fingerprint density at radius 2 is 0.903 bits per heavy atom. The van der Waals surface area contributed by atoms with Gasteiger partial charge < -0.3 is 4.42 Å². The van der Waals surface area contributed by atoms with Crippen LogP contribution >= 0.6 is 0 Å². The van der Waals surface area contributed by atoms with Crippen molar-refractivity contribution in [3.8, 4) is 0 Å². The maximum absolute atomic E-state index is 5.22. The van der Waals surface area contributed by atoms with Crippen molar-refractivity contribution < 1.29 is 4.42 Å². The minimum atomic E-state index is 0.907. The third kappa shape index (κ3) is 16.0. The first-order valence-corrected chi connectivity index (χ1v) is 13.4. The first kappa shape index (κ1) is 29.7. The topological polar surface area (TPSA) is 26.0 Å². The van der Waals surface area contributed by atoms with Crippen molar-refractivity contribution >= 4 is 11.1 Å². The number of oxazole rings is 1. The van der Waals surface area contributed by atoms with Crippen LogP contribution in [0.15, 0.2) is 22.9 Å². The number of unbranched alkanes of at least 4 members (excludes halogenated alkanes) is 14. The fourth-order valence-corrected chi connectivity index (χ4v) is 3.63. The average Bonchev–Trinajstić information content (AvgIpc) is 3.28. The van der Waals surface area contributed by atoms with Crippen LogP contribution in [0.1, 0.15) is 142 Å². The minimum absolute atomic E-state index is 0.907. The number of hydrogen-bond donors (Lipinski definition) is 0. The van der Waals surface area contributed by atoms with E-state index >= 15 is 0 Å². The molecule has 0 spiro atoms. The monoisotopic (exact) mass is 431 g/mol. The molecular formula is C29H53NO. The fourth-order valence-electron chi connectivity index (χ4n) is 3.63. The molecule has 2 aromatic rings. The molecule has 0 aliphatic rings. The summed E-state index contributed by atoms with van der Waals surface area (Å²) in [5.74, 6) is 0. The number of nitrogens with zero attached hydrogens (tertiary/aromatic N) is 1. The zero-order valence-corrected chi connectivity index (χ0v) is 21.9. The van der Waals surface area contributed by atoms with Crippen LogP contribution in [0.2, 0.25) is 0 Å². The number of fused-ring (bicyclic) bond motifs is 1. The van der Waals surface area contributed by atoms with E-state index in [1.165, 1.54) is 115 Å². The summed E-state index contributed by atoms with van der Waals surface area (Å²) in [6, 6.07) is 4.10. The third-order valence-electron chi connectivity index (χ3n) is 5.80. The van der Waals surface area contributed by atoms with E-state index in [2.05, 4.69) is 38.7 Å². The summed E-state index contributed by atoms with van der Waals surface area (Å²) in [5, 5.41) is 0. The van der Waals surface area contributed by atoms with Gasteiger partial charge in [0.15, 0.2) is 12.0 Å². The highest BCUT2D eigenvalue weighted by Gasteiger charge is 2.03. The summed E-state index contributed by atoms with van der Waals surface area (Å²) >= 11 is 0. The first-order valence-electron chi connectivity index (χ1n) is 13.4. The molecule has 31 heavy (non-hydrogen) atoms. The number of rotatable bonds is 14. The van der Waals surface area contributed by atoms with Crippen LogP contribution in [0, 0.1) is 13.8 Å². The molecule has 0 aliphatic carbocycles. The normalized spacial score (nSPS) is 10.4. The molecule has 0 amide bonds. The molecule has 0 aliphatic heterocycles. The van der Waals surface area contributed by atoms with Crippen molar-refractivity contribution in [1.29, 1.82) is 0 Å². The lowest BCUT2D eigenvalue weighted by molar-refractivity contribution is 0.585. The van der Waals surface area contributed by atoms with Gasteiger partial charge in [0, 0.05) is 0 Å². The van der Waals surface area contributed by atoms with Crippen LogP contribution in [0.4, 0.5) is 0 Å². The van der Waals surface area contributed by atoms with Crippen LogP contribution in [-0.2, 0) is 0 Å². The summed E-state index contributed by atoms with van der Waals surface area (Å²) in [4.78, 5) is 4.11. The highest BCUT2D eigenvalue weighted by Crippen LogP contribution is 2.19. The third-order valence-corrected chi connectivity index (χ3v) is 5.80. The Morgan fingerprint density at radius 3 is 1.26 bits per heavy atom. The quantitative estimate of drug-likeness (QED) is 0.278. The van der Waals surface area contributed by atoms with E-state index in [4.69, 9.17) is 4.42 Å². The molecule has 0 saturated carbocycles. The summed E-state index contributed by atoms with van der Waals surface area (Å²) < 4.78 is 5.22. The molecule has 0 saturated heterocycles. The minimum Gasteiger partial charge on any atom is -0.443 e. The van der Waals surface area contributed by atoms with Gasteiger partial charge in [0.2, 0.25) is 0 Å². The van der Waals surface area contributed by atoms with E-state index in [-0.39, 0.29) is 0 Å². The Labute approximate surface area is 194 Å². The molecule has 0 N–H and O–H groups in total. The van der Waals surface area contributed by atoms with Crippen LogP contribution in [-0.4, -0.2) is 4.98 Å². The van der Waals surface area contributed by atoms with Gasteiger partial charge in [-0.2, -0.15) is 0 Å². The number of aromatic nitrogens is 1. The van der Waals surface area contributed by atoms with E-state index in [1.54, 1.807) is 0 Å². The van der Waals surface area contributed by atoms with Gasteiger partial charge in [0.1, 0.15) is 5.52 Å². The Bertz CT molecular complexity index is 548. The fraction of sp³-hybridized carbons (Fsp3) is 0.759. The van der Waals surface area contributed by atoms with Crippen LogP contribution in [0.5, 0.6) is 0 Å². The van der Waals surface area contributed by atoms with Crippen molar-refractivity contribution in [2.45, 2.75) is 144 Å². The van der Waals surface area contributed by atoms with Gasteiger partial charge in [-0.25, -0.2) is 4.98 Å². The van der Waals surface area contributed by atoms with Gasteiger partial charge in [0.25, 0.3) is 0 Å². The van der Waals surface area contributed by atoms with Crippen LogP contribution < -0.4 is 0 Å². The largest absolute Gasteiger partial charge is 0.443 e. The van der Waals surface area contributed by atoms with Gasteiger partial charge in [-0.3, -0.25) is 0 Å². The van der Waals surface area contributed by atoms with E-state index in [1.807, 2.05) is 19.9 Å². The molecule has 0 atom stereocenters. The SMILES string of the molecule is CCCCCCCCCC.CCCCCCCCCC.Cc1ccc(C)c2ocnc12. The lowest BCUT2D eigenvalue weighted by Crippen LogP contribution is -1.78. The highest BCUT2D eigenvalue weighted by atomic mass is 16.3. The molecule has 1 aromatic carbocycles. The molecule has 0 bridgehead atoms. The van der Waals surface area contributed by atoms with Crippen molar-refractivity contribution in [3.05, 3.63) is 29.7 Å². The van der Waals surface area contributed by atoms with Crippen molar-refractivity contribution in [2.75, 3.05) is 0 Å². The lowest BCUT2D eigenvalue weighted by atomic mass is 10.1. The Hall–Kier alpha value is -1.31. The Kier molecular flexibility index (Phi) is 21.0. The maximum Gasteiger partial charge on any atom is 0.182 e. The van der Waals surface area contributed by atoms with E-state index < -0.39 is 0 Å². The predicted molar refractivity (Wildman–Crippen MR) is 140 cm³/mol. The van der Waals surface area contributed by atoms with Crippen molar-refractivity contribution in [2.24, 2.45) is 0 Å². The first-order chi connectivity index (χ1) is 15.1. The van der Waals surface area contributed by atoms with Gasteiger partial charge in [-0.05, 0) is 25.0 Å². The number of benzene rings is 1. The van der Waals surface area contributed by atoms with E-state index in [0.29, 0.717) is 0 Å². The standard InChI is InChI=1S/2C10H22.C9H9NO/c2*1-3-5-7-9-10-8-6-4-2;1-6-3-4-7(2)9-8(6)10-5-11-9/h2*3-10H2,1-2H3;3-5H,1-2H3. The van der Waals surface area contributed by atoms with Gasteiger partial charge in [-0.1, -0.05) is 143 Å². The maximum atomic E-state index is 5.22. The van der Waals surface area contributed by atoms with Crippen molar-refractivity contribution in [1.82, 2.24) is 4.98 Å². The molecule has 2 rings (SSSR count). The molecule has 2 heteroatoms. The predicted octanol–water partition coefficient (Wildman–Crippen LogP) is 10.7. The molecule has 0 radical (unpaired) electrons. The molecule has 0 unspecified atom stereocenters. The highest BCUT2D eigenvalue weighted by molar-refractivity contribution is 5.78. The second-order valence-electron chi connectivity index (χ2n) is 8.97. The van der Waals surface area contributed by atoms with Gasteiger partial charge >= 0.3 is 0 Å². The zero-order valence-electron chi connectivity index (χ0n) is 21.9. The Balaban J connectivity index is 0.000000437. The van der Waals surface area contributed by atoms with Gasteiger partial charge in [-0.15, -0.1) is 0 Å². The molecule has 2 nitrogen and oxygen atoms in total. The average molecular weight is 432 g/mol.